The Morgan fingerprint density at radius 3 is 2.71 bits per heavy atom. The lowest BCUT2D eigenvalue weighted by molar-refractivity contribution is -0.147. The average Bonchev–Trinajstić information content (AvgIpc) is 3.29. The lowest BCUT2D eigenvalue weighted by atomic mass is 10.0. The van der Waals surface area contributed by atoms with E-state index in [0.717, 1.165) is 26.7 Å². The molecule has 1 saturated heterocycles. The molecule has 31 heavy (non-hydrogen) atoms. The molecule has 3 aromatic rings. The Hall–Kier alpha value is -3.46. The zero-order valence-corrected chi connectivity index (χ0v) is 16.9. The van der Waals surface area contributed by atoms with Crippen LogP contribution < -0.4 is 5.32 Å². The number of benzene rings is 2. The van der Waals surface area contributed by atoms with Crippen LogP contribution in [0.1, 0.15) is 16.8 Å². The largest absolute Gasteiger partial charge is 0.480 e. The predicted octanol–water partition coefficient (Wildman–Crippen LogP) is 2.09. The number of ether oxygens (including phenoxy) is 1. The van der Waals surface area contributed by atoms with Crippen LogP contribution in [0.5, 0.6) is 0 Å². The topological polar surface area (TPSA) is 112 Å². The molecular weight excluding hydrogens is 405 g/mol. The number of nitrogens with one attached hydrogen (secondary N) is 2. The lowest BCUT2D eigenvalue weighted by Gasteiger charge is -2.22. The van der Waals surface area contributed by atoms with Crippen molar-refractivity contribution in [2.75, 3.05) is 26.8 Å². The summed E-state index contributed by atoms with van der Waals surface area (Å²) in [5, 5.41) is 13.7. The smallest absolute Gasteiger partial charge is 0.326 e. The maximum atomic E-state index is 14.8. The summed E-state index contributed by atoms with van der Waals surface area (Å²) in [6, 6.07) is 11.6. The Labute approximate surface area is 177 Å². The number of halogens is 1. The van der Waals surface area contributed by atoms with Crippen LogP contribution in [-0.2, 0) is 14.3 Å². The molecule has 0 spiro atoms. The van der Waals surface area contributed by atoms with Crippen LogP contribution in [0.4, 0.5) is 4.39 Å². The van der Waals surface area contributed by atoms with E-state index < -0.39 is 42.6 Å². The van der Waals surface area contributed by atoms with Gasteiger partial charge < -0.3 is 25.0 Å². The fraction of sp³-hybridized carbons (Fsp3) is 0.318. The molecule has 2 aromatic carbocycles. The highest BCUT2D eigenvalue weighted by atomic mass is 19.1. The third-order valence-electron chi connectivity index (χ3n) is 5.57. The molecule has 3 N–H and O–H groups in total. The molecule has 0 bridgehead atoms. The summed E-state index contributed by atoms with van der Waals surface area (Å²) in [6.07, 6.45) is -0.354. The lowest BCUT2D eigenvalue weighted by Crippen LogP contribution is -2.46. The maximum Gasteiger partial charge on any atom is 0.326 e. The summed E-state index contributed by atoms with van der Waals surface area (Å²) in [7, 11) is 1.31. The van der Waals surface area contributed by atoms with Gasteiger partial charge in [0.2, 0.25) is 5.91 Å². The van der Waals surface area contributed by atoms with Gasteiger partial charge in [0.1, 0.15) is 6.04 Å². The summed E-state index contributed by atoms with van der Waals surface area (Å²) in [5.74, 6) is -2.43. The molecule has 1 aliphatic rings. The van der Waals surface area contributed by atoms with Gasteiger partial charge in [0.25, 0.3) is 5.91 Å². The Morgan fingerprint density at radius 1 is 1.23 bits per heavy atom. The van der Waals surface area contributed by atoms with E-state index in [-0.39, 0.29) is 13.0 Å². The zero-order chi connectivity index (χ0) is 22.2. The highest BCUT2D eigenvalue weighted by Gasteiger charge is 2.49. The molecule has 2 atom stereocenters. The van der Waals surface area contributed by atoms with Gasteiger partial charge in [0.15, 0.2) is 5.67 Å². The van der Waals surface area contributed by atoms with Gasteiger partial charge in [0.05, 0.1) is 19.7 Å². The molecule has 8 nitrogen and oxygen atoms in total. The minimum Gasteiger partial charge on any atom is -0.480 e. The number of likely N-dealkylation sites (tertiary alicyclic amines) is 1. The standard InChI is InChI=1S/C22H22FN3O5/c1-31-12-22(23)9-18(21(29)30)26(11-22)19(27)10-24-20(28)13-6-7-17-15(8-13)14-4-2-3-5-16(14)25-17/h2-8,18,25H,9-12H2,1H3,(H,24,28)(H,29,30)/t18-,22+/m0/s1. The Balaban J connectivity index is 1.47. The Bertz CT molecular complexity index is 1180. The van der Waals surface area contributed by atoms with Gasteiger partial charge in [-0.1, -0.05) is 18.2 Å². The van der Waals surface area contributed by atoms with E-state index in [0.29, 0.717) is 5.56 Å². The number of fused-ring (bicyclic) bond motifs is 3. The molecule has 0 aliphatic carbocycles. The van der Waals surface area contributed by atoms with Crippen molar-refractivity contribution in [1.82, 2.24) is 15.2 Å². The van der Waals surface area contributed by atoms with Crippen LogP contribution in [-0.4, -0.2) is 71.3 Å². The second-order valence-electron chi connectivity index (χ2n) is 7.78. The summed E-state index contributed by atoms with van der Waals surface area (Å²) in [6.45, 7) is -1.14. The summed E-state index contributed by atoms with van der Waals surface area (Å²) < 4.78 is 19.6. The number of aromatic nitrogens is 1. The van der Waals surface area contributed by atoms with Crippen molar-refractivity contribution in [3.63, 3.8) is 0 Å². The van der Waals surface area contributed by atoms with Gasteiger partial charge in [-0.25, -0.2) is 9.18 Å². The van der Waals surface area contributed by atoms with Crippen molar-refractivity contribution >= 4 is 39.6 Å². The average molecular weight is 427 g/mol. The first-order chi connectivity index (χ1) is 14.8. The zero-order valence-electron chi connectivity index (χ0n) is 16.9. The van der Waals surface area contributed by atoms with Crippen molar-refractivity contribution in [2.45, 2.75) is 18.1 Å². The third kappa shape index (κ3) is 3.96. The van der Waals surface area contributed by atoms with Crippen molar-refractivity contribution in [3.05, 3.63) is 48.0 Å². The Kier molecular flexibility index (Phi) is 5.36. The van der Waals surface area contributed by atoms with E-state index in [1.165, 1.54) is 7.11 Å². The fourth-order valence-corrected chi connectivity index (χ4v) is 4.13. The van der Waals surface area contributed by atoms with Crippen molar-refractivity contribution in [2.24, 2.45) is 0 Å². The number of aromatic amines is 1. The van der Waals surface area contributed by atoms with E-state index in [2.05, 4.69) is 10.3 Å². The summed E-state index contributed by atoms with van der Waals surface area (Å²) in [4.78, 5) is 40.9. The first-order valence-corrected chi connectivity index (χ1v) is 9.80. The third-order valence-corrected chi connectivity index (χ3v) is 5.57. The number of nitrogens with zero attached hydrogens (tertiary/aromatic N) is 1. The normalized spacial score (nSPS) is 21.0. The van der Waals surface area contributed by atoms with Crippen molar-refractivity contribution < 1.29 is 28.6 Å². The second-order valence-corrected chi connectivity index (χ2v) is 7.78. The summed E-state index contributed by atoms with van der Waals surface area (Å²) in [5.41, 5.74) is 0.260. The molecule has 2 heterocycles. The highest BCUT2D eigenvalue weighted by molar-refractivity contribution is 6.10. The van der Waals surface area contributed by atoms with Crippen LogP contribution in [0.25, 0.3) is 21.8 Å². The predicted molar refractivity (Wildman–Crippen MR) is 112 cm³/mol. The number of carboxylic acids is 1. The van der Waals surface area contributed by atoms with Crippen molar-refractivity contribution in [1.29, 1.82) is 0 Å². The van der Waals surface area contributed by atoms with Crippen LogP contribution in [0.3, 0.4) is 0 Å². The van der Waals surface area contributed by atoms with Crippen LogP contribution >= 0.6 is 0 Å². The monoisotopic (exact) mass is 427 g/mol. The number of carbonyl (C=O) groups excluding carboxylic acids is 2. The highest BCUT2D eigenvalue weighted by Crippen LogP contribution is 2.31. The van der Waals surface area contributed by atoms with Gasteiger partial charge >= 0.3 is 5.97 Å². The van der Waals surface area contributed by atoms with Gasteiger partial charge in [-0.2, -0.15) is 0 Å². The van der Waals surface area contributed by atoms with E-state index >= 15 is 0 Å². The molecular formula is C22H22FN3O5. The number of H-pyrrole nitrogens is 1. The number of carbonyl (C=O) groups is 3. The number of hydrogen-bond acceptors (Lipinski definition) is 4. The van der Waals surface area contributed by atoms with E-state index in [4.69, 9.17) is 4.74 Å². The molecule has 2 amide bonds. The van der Waals surface area contributed by atoms with Gasteiger partial charge in [-0.05, 0) is 24.3 Å². The first-order valence-electron chi connectivity index (χ1n) is 9.80. The Morgan fingerprint density at radius 2 is 1.97 bits per heavy atom. The van der Waals surface area contributed by atoms with Crippen molar-refractivity contribution in [3.8, 4) is 0 Å². The van der Waals surface area contributed by atoms with Gasteiger partial charge in [-0.15, -0.1) is 0 Å². The number of hydrogen-bond donors (Lipinski definition) is 3. The molecule has 1 fully saturated rings. The molecule has 162 valence electrons. The minimum absolute atomic E-state index is 0.308. The number of methoxy groups -OCH3 is 1. The number of alkyl halides is 1. The number of amides is 2. The van der Waals surface area contributed by atoms with Gasteiger partial charge in [0, 0.05) is 40.9 Å². The molecule has 1 aromatic heterocycles. The number of aliphatic carboxylic acids is 1. The van der Waals surface area contributed by atoms with Gasteiger partial charge in [-0.3, -0.25) is 9.59 Å². The number of rotatable bonds is 6. The molecule has 9 heteroatoms. The van der Waals surface area contributed by atoms with Crippen LogP contribution in [0.15, 0.2) is 42.5 Å². The van der Waals surface area contributed by atoms with Crippen LogP contribution in [0, 0.1) is 0 Å². The molecule has 4 rings (SSSR count). The first kappa shape index (κ1) is 20.8. The minimum atomic E-state index is -1.93. The molecule has 1 aliphatic heterocycles. The van der Waals surface area contributed by atoms with E-state index in [1.807, 2.05) is 24.3 Å². The van der Waals surface area contributed by atoms with E-state index in [1.54, 1.807) is 18.2 Å². The van der Waals surface area contributed by atoms with Crippen LogP contribution in [0.2, 0.25) is 0 Å². The number of para-hydroxylation sites is 1. The molecule has 0 unspecified atom stereocenters. The fourth-order valence-electron chi connectivity index (χ4n) is 4.13. The second kappa shape index (κ2) is 7.99. The quantitative estimate of drug-likeness (QED) is 0.558. The molecule has 0 saturated carbocycles. The maximum absolute atomic E-state index is 14.8. The summed E-state index contributed by atoms with van der Waals surface area (Å²) >= 11 is 0. The molecule has 0 radical (unpaired) electrons. The SMILES string of the molecule is COC[C@@]1(F)C[C@@H](C(=O)O)N(C(=O)CNC(=O)c2ccc3[nH]c4ccccc4c3c2)C1. The van der Waals surface area contributed by atoms with E-state index in [9.17, 15) is 23.9 Å². The number of carboxylic acid groups (broad SMARTS) is 1.